The topological polar surface area (TPSA) is 26.0 Å². The monoisotopic (exact) mass is 211 g/mol. The molecule has 0 aliphatic heterocycles. The third-order valence-corrected chi connectivity index (χ3v) is 2.85. The van der Waals surface area contributed by atoms with Gasteiger partial charge in [-0.2, -0.15) is 0 Å². The van der Waals surface area contributed by atoms with Gasteiger partial charge in [0.2, 0.25) is 0 Å². The lowest BCUT2D eigenvalue weighted by Gasteiger charge is -2.09. The van der Waals surface area contributed by atoms with Crippen LogP contribution in [0.25, 0.3) is 0 Å². The lowest BCUT2D eigenvalue weighted by atomic mass is 9.98. The number of benzene rings is 2. The Morgan fingerprint density at radius 2 is 1.69 bits per heavy atom. The highest BCUT2D eigenvalue weighted by Crippen LogP contribution is 2.18. The van der Waals surface area contributed by atoms with Crippen molar-refractivity contribution in [2.24, 2.45) is 0 Å². The highest BCUT2D eigenvalue weighted by atomic mass is 14.5. The van der Waals surface area contributed by atoms with Crippen LogP contribution >= 0.6 is 0 Å². The van der Waals surface area contributed by atoms with E-state index in [1.54, 1.807) is 0 Å². The normalized spacial score (nSPS) is 10.3. The fourth-order valence-corrected chi connectivity index (χ4v) is 1.96. The Morgan fingerprint density at radius 3 is 2.38 bits per heavy atom. The molecule has 0 spiro atoms. The van der Waals surface area contributed by atoms with E-state index in [-0.39, 0.29) is 0 Å². The van der Waals surface area contributed by atoms with Gasteiger partial charge in [0.1, 0.15) is 0 Å². The number of hydrogen-bond donors (Lipinski definition) is 1. The molecule has 0 aliphatic rings. The molecule has 0 saturated heterocycles. The Bertz CT molecular complexity index is 460. The first-order valence-corrected chi connectivity index (χ1v) is 5.71. The minimum absolute atomic E-state index is 0.855. The number of nitrogens with two attached hydrogens (primary N) is 1. The third-order valence-electron chi connectivity index (χ3n) is 2.85. The number of nitrogen functional groups attached to an aromatic ring is 1. The molecule has 1 heteroatoms. The van der Waals surface area contributed by atoms with Gasteiger partial charge in [-0.25, -0.2) is 0 Å². The van der Waals surface area contributed by atoms with E-state index in [0.29, 0.717) is 0 Å². The molecule has 0 saturated carbocycles. The summed E-state index contributed by atoms with van der Waals surface area (Å²) in [7, 11) is 0. The molecule has 2 rings (SSSR count). The van der Waals surface area contributed by atoms with Crippen molar-refractivity contribution in [3.05, 3.63) is 65.2 Å². The summed E-state index contributed by atoms with van der Waals surface area (Å²) >= 11 is 0. The van der Waals surface area contributed by atoms with Crippen molar-refractivity contribution in [3.8, 4) is 0 Å². The van der Waals surface area contributed by atoms with Gasteiger partial charge in [-0.1, -0.05) is 43.3 Å². The average molecular weight is 211 g/mol. The lowest BCUT2D eigenvalue weighted by molar-refractivity contribution is 1.06. The van der Waals surface area contributed by atoms with E-state index in [4.69, 9.17) is 5.73 Å². The largest absolute Gasteiger partial charge is 0.399 e. The molecule has 0 aliphatic carbocycles. The van der Waals surface area contributed by atoms with Crippen LogP contribution < -0.4 is 5.73 Å². The molecule has 2 N–H and O–H groups in total. The molecule has 2 aromatic carbocycles. The molecule has 0 amide bonds. The SMILES string of the molecule is CCc1cc(N)ccc1Cc1ccccc1. The van der Waals surface area contributed by atoms with Crippen molar-refractivity contribution in [1.82, 2.24) is 0 Å². The van der Waals surface area contributed by atoms with Crippen molar-refractivity contribution in [2.45, 2.75) is 19.8 Å². The Labute approximate surface area is 96.9 Å². The molecule has 0 bridgehead atoms. The second kappa shape index (κ2) is 4.84. The number of hydrogen-bond acceptors (Lipinski definition) is 1. The van der Waals surface area contributed by atoms with Gasteiger partial charge in [0.15, 0.2) is 0 Å². The summed E-state index contributed by atoms with van der Waals surface area (Å²) in [5.41, 5.74) is 10.7. The standard InChI is InChI=1S/C15H17N/c1-2-13-11-15(16)9-8-14(13)10-12-6-4-3-5-7-12/h3-9,11H,2,10,16H2,1H3. The van der Waals surface area contributed by atoms with Crippen LogP contribution in [0.15, 0.2) is 48.5 Å². The van der Waals surface area contributed by atoms with Gasteiger partial charge in [-0.15, -0.1) is 0 Å². The predicted octanol–water partition coefficient (Wildman–Crippen LogP) is 3.42. The van der Waals surface area contributed by atoms with Crippen LogP contribution in [-0.4, -0.2) is 0 Å². The summed E-state index contributed by atoms with van der Waals surface area (Å²) < 4.78 is 0. The van der Waals surface area contributed by atoms with Gasteiger partial charge in [-0.05, 0) is 41.7 Å². The molecule has 0 radical (unpaired) electrons. The van der Waals surface area contributed by atoms with Gasteiger partial charge in [0.05, 0.1) is 0 Å². The smallest absolute Gasteiger partial charge is 0.0316 e. The molecule has 16 heavy (non-hydrogen) atoms. The maximum Gasteiger partial charge on any atom is 0.0316 e. The van der Waals surface area contributed by atoms with Crippen LogP contribution in [0.2, 0.25) is 0 Å². The van der Waals surface area contributed by atoms with Crippen LogP contribution in [0.1, 0.15) is 23.6 Å². The van der Waals surface area contributed by atoms with Gasteiger partial charge in [0.25, 0.3) is 0 Å². The first-order chi connectivity index (χ1) is 7.79. The molecule has 0 aromatic heterocycles. The number of aryl methyl sites for hydroxylation is 1. The summed E-state index contributed by atoms with van der Waals surface area (Å²) in [6.45, 7) is 2.17. The molecular weight excluding hydrogens is 194 g/mol. The number of anilines is 1. The van der Waals surface area contributed by atoms with E-state index in [9.17, 15) is 0 Å². The van der Waals surface area contributed by atoms with Crippen LogP contribution in [0.3, 0.4) is 0 Å². The van der Waals surface area contributed by atoms with Crippen molar-refractivity contribution >= 4 is 5.69 Å². The fourth-order valence-electron chi connectivity index (χ4n) is 1.96. The summed E-state index contributed by atoms with van der Waals surface area (Å²) in [5, 5.41) is 0. The fraction of sp³-hybridized carbons (Fsp3) is 0.200. The third kappa shape index (κ3) is 2.43. The van der Waals surface area contributed by atoms with E-state index in [1.165, 1.54) is 16.7 Å². The highest BCUT2D eigenvalue weighted by molar-refractivity contribution is 5.46. The van der Waals surface area contributed by atoms with Crippen LogP contribution in [0, 0.1) is 0 Å². The van der Waals surface area contributed by atoms with Gasteiger partial charge >= 0.3 is 0 Å². The van der Waals surface area contributed by atoms with E-state index in [1.807, 2.05) is 12.1 Å². The minimum atomic E-state index is 0.855. The van der Waals surface area contributed by atoms with Crippen LogP contribution in [0.5, 0.6) is 0 Å². The second-order valence-electron chi connectivity index (χ2n) is 4.04. The summed E-state index contributed by atoms with van der Waals surface area (Å²) in [5.74, 6) is 0. The Morgan fingerprint density at radius 1 is 0.938 bits per heavy atom. The van der Waals surface area contributed by atoms with Crippen LogP contribution in [-0.2, 0) is 12.8 Å². The average Bonchev–Trinajstić information content (AvgIpc) is 2.33. The van der Waals surface area contributed by atoms with Crippen LogP contribution in [0.4, 0.5) is 5.69 Å². The molecule has 82 valence electrons. The highest BCUT2D eigenvalue weighted by Gasteiger charge is 2.02. The minimum Gasteiger partial charge on any atom is -0.399 e. The molecular formula is C15H17N. The van der Waals surface area contributed by atoms with E-state index < -0.39 is 0 Å². The zero-order chi connectivity index (χ0) is 11.4. The maximum absolute atomic E-state index is 5.80. The molecule has 0 atom stereocenters. The summed E-state index contributed by atoms with van der Waals surface area (Å²) in [6.07, 6.45) is 2.03. The van der Waals surface area contributed by atoms with E-state index in [2.05, 4.69) is 43.3 Å². The quantitative estimate of drug-likeness (QED) is 0.773. The molecule has 1 nitrogen and oxygen atoms in total. The summed E-state index contributed by atoms with van der Waals surface area (Å²) in [6, 6.07) is 16.7. The van der Waals surface area contributed by atoms with Crippen molar-refractivity contribution in [3.63, 3.8) is 0 Å². The molecule has 0 unspecified atom stereocenters. The lowest BCUT2D eigenvalue weighted by Crippen LogP contribution is -1.96. The van der Waals surface area contributed by atoms with Crippen molar-refractivity contribution < 1.29 is 0 Å². The maximum atomic E-state index is 5.80. The first kappa shape index (κ1) is 10.7. The molecule has 0 fully saturated rings. The Kier molecular flexibility index (Phi) is 3.25. The first-order valence-electron chi connectivity index (χ1n) is 5.71. The van der Waals surface area contributed by atoms with Crippen molar-refractivity contribution in [2.75, 3.05) is 5.73 Å². The number of rotatable bonds is 3. The molecule has 2 aromatic rings. The Hall–Kier alpha value is -1.76. The summed E-state index contributed by atoms with van der Waals surface area (Å²) in [4.78, 5) is 0. The second-order valence-corrected chi connectivity index (χ2v) is 4.04. The molecule has 0 heterocycles. The zero-order valence-corrected chi connectivity index (χ0v) is 9.61. The van der Waals surface area contributed by atoms with Crippen molar-refractivity contribution in [1.29, 1.82) is 0 Å². The van der Waals surface area contributed by atoms with Gasteiger partial charge in [0, 0.05) is 5.69 Å². The van der Waals surface area contributed by atoms with Gasteiger partial charge in [-0.3, -0.25) is 0 Å². The van der Waals surface area contributed by atoms with E-state index in [0.717, 1.165) is 18.5 Å². The zero-order valence-electron chi connectivity index (χ0n) is 9.61. The van der Waals surface area contributed by atoms with E-state index >= 15 is 0 Å². The Balaban J connectivity index is 2.28. The predicted molar refractivity (Wildman–Crippen MR) is 69.5 cm³/mol. The van der Waals surface area contributed by atoms with Gasteiger partial charge < -0.3 is 5.73 Å².